The van der Waals surface area contributed by atoms with Crippen molar-refractivity contribution in [2.45, 2.75) is 20.8 Å². The quantitative estimate of drug-likeness (QED) is 0.737. The zero-order valence-electron chi connectivity index (χ0n) is 7.92. The van der Waals surface area contributed by atoms with Crippen molar-refractivity contribution in [2.24, 2.45) is 0 Å². The van der Waals surface area contributed by atoms with E-state index in [-0.39, 0.29) is 5.91 Å². The van der Waals surface area contributed by atoms with Gasteiger partial charge in [-0.25, -0.2) is 4.98 Å². The van der Waals surface area contributed by atoms with Gasteiger partial charge in [0.15, 0.2) is 0 Å². The first kappa shape index (κ1) is 9.92. The summed E-state index contributed by atoms with van der Waals surface area (Å²) in [5.74, 6) is -0.103. The number of carbonyl (C=O) groups is 1. The number of rotatable bonds is 2. The number of thiazole rings is 1. The summed E-state index contributed by atoms with van der Waals surface area (Å²) in [7, 11) is 0. The monoisotopic (exact) mass is 196 g/mol. The number of hydrogen-bond donors (Lipinski definition) is 1. The Morgan fingerprint density at radius 1 is 1.54 bits per heavy atom. The van der Waals surface area contributed by atoms with Crippen LogP contribution >= 0.6 is 11.3 Å². The summed E-state index contributed by atoms with van der Waals surface area (Å²) in [5, 5.41) is 4.56. The summed E-state index contributed by atoms with van der Waals surface area (Å²) in [6.45, 7) is 5.61. The van der Waals surface area contributed by atoms with Gasteiger partial charge < -0.3 is 5.32 Å². The lowest BCUT2D eigenvalue weighted by molar-refractivity contribution is -0.111. The maximum atomic E-state index is 11.2. The molecule has 1 aromatic rings. The predicted octanol–water partition coefficient (Wildman–Crippen LogP) is 2.27. The van der Waals surface area contributed by atoms with Gasteiger partial charge in [0.2, 0.25) is 5.91 Å². The molecule has 0 saturated carbocycles. The van der Waals surface area contributed by atoms with Gasteiger partial charge in [-0.2, -0.15) is 0 Å². The molecule has 0 fully saturated rings. The molecule has 4 heteroatoms. The topological polar surface area (TPSA) is 42.0 Å². The molecule has 3 nitrogen and oxygen atoms in total. The smallest absolute Gasteiger partial charge is 0.248 e. The number of amides is 1. The second-order valence-corrected chi connectivity index (χ2v) is 3.84. The van der Waals surface area contributed by atoms with Crippen molar-refractivity contribution in [1.82, 2.24) is 4.98 Å². The number of aryl methyl sites for hydroxylation is 2. The molecule has 0 aliphatic rings. The van der Waals surface area contributed by atoms with Crippen LogP contribution in [0.4, 0.5) is 5.00 Å². The molecule has 0 bridgehead atoms. The van der Waals surface area contributed by atoms with Crippen molar-refractivity contribution in [3.63, 3.8) is 0 Å². The van der Waals surface area contributed by atoms with Crippen LogP contribution in [0.3, 0.4) is 0 Å². The second kappa shape index (κ2) is 4.18. The normalized spacial score (nSPS) is 10.7. The van der Waals surface area contributed by atoms with Crippen LogP contribution in [0.2, 0.25) is 0 Å². The van der Waals surface area contributed by atoms with Crippen molar-refractivity contribution in [3.05, 3.63) is 22.9 Å². The lowest BCUT2D eigenvalue weighted by Crippen LogP contribution is -2.07. The van der Waals surface area contributed by atoms with E-state index in [9.17, 15) is 4.79 Å². The standard InChI is InChI=1S/C9H12N2OS/c1-4-5-8(12)11-9-6(2)10-7(3)13-9/h4-5H,1-3H3,(H,11,12)/b5-4+. The molecule has 0 saturated heterocycles. The van der Waals surface area contributed by atoms with E-state index in [1.807, 2.05) is 20.8 Å². The van der Waals surface area contributed by atoms with Gasteiger partial charge in [-0.15, -0.1) is 11.3 Å². The van der Waals surface area contributed by atoms with Crippen molar-refractivity contribution >= 4 is 22.2 Å². The van der Waals surface area contributed by atoms with Crippen LogP contribution in [-0.2, 0) is 4.79 Å². The van der Waals surface area contributed by atoms with E-state index >= 15 is 0 Å². The van der Waals surface area contributed by atoms with Crippen LogP contribution < -0.4 is 5.32 Å². The summed E-state index contributed by atoms with van der Waals surface area (Å²) < 4.78 is 0. The summed E-state index contributed by atoms with van der Waals surface area (Å²) in [6.07, 6.45) is 3.20. The molecule has 70 valence electrons. The van der Waals surface area contributed by atoms with E-state index in [2.05, 4.69) is 10.3 Å². The molecule has 0 aromatic carbocycles. The molecular weight excluding hydrogens is 184 g/mol. The first-order valence-corrected chi connectivity index (χ1v) is 4.83. The third kappa shape index (κ3) is 2.66. The number of nitrogens with zero attached hydrogens (tertiary/aromatic N) is 1. The maximum Gasteiger partial charge on any atom is 0.248 e. The first-order valence-electron chi connectivity index (χ1n) is 4.01. The Labute approximate surface area is 81.5 Å². The highest BCUT2D eigenvalue weighted by Gasteiger charge is 2.05. The summed E-state index contributed by atoms with van der Waals surface area (Å²) in [5.41, 5.74) is 0.875. The number of carbonyl (C=O) groups excluding carboxylic acids is 1. The number of allylic oxidation sites excluding steroid dienone is 1. The van der Waals surface area contributed by atoms with Gasteiger partial charge in [0, 0.05) is 0 Å². The number of anilines is 1. The van der Waals surface area contributed by atoms with E-state index in [0.29, 0.717) is 0 Å². The molecule has 1 N–H and O–H groups in total. The lowest BCUT2D eigenvalue weighted by Gasteiger charge is -1.97. The molecule has 0 atom stereocenters. The highest BCUT2D eigenvalue weighted by Crippen LogP contribution is 2.22. The van der Waals surface area contributed by atoms with Gasteiger partial charge in [0.25, 0.3) is 0 Å². The molecular formula is C9H12N2OS. The largest absolute Gasteiger partial charge is 0.313 e. The lowest BCUT2D eigenvalue weighted by atomic mass is 10.4. The van der Waals surface area contributed by atoms with Gasteiger partial charge in [0.1, 0.15) is 5.00 Å². The fraction of sp³-hybridized carbons (Fsp3) is 0.333. The summed E-state index contributed by atoms with van der Waals surface area (Å²) in [6, 6.07) is 0. The fourth-order valence-electron chi connectivity index (χ4n) is 0.952. The zero-order valence-corrected chi connectivity index (χ0v) is 8.73. The zero-order chi connectivity index (χ0) is 9.84. The van der Waals surface area contributed by atoms with Crippen molar-refractivity contribution < 1.29 is 4.79 Å². The van der Waals surface area contributed by atoms with Gasteiger partial charge in [-0.1, -0.05) is 6.08 Å². The Balaban J connectivity index is 2.74. The average Bonchev–Trinajstić information content (AvgIpc) is 2.30. The third-order valence-electron chi connectivity index (χ3n) is 1.46. The SMILES string of the molecule is C/C=C/C(=O)Nc1sc(C)nc1C. The molecule has 1 heterocycles. The van der Waals surface area contributed by atoms with Crippen LogP contribution in [-0.4, -0.2) is 10.9 Å². The van der Waals surface area contributed by atoms with E-state index in [4.69, 9.17) is 0 Å². The Morgan fingerprint density at radius 2 is 2.23 bits per heavy atom. The van der Waals surface area contributed by atoms with Gasteiger partial charge in [-0.05, 0) is 26.8 Å². The molecule has 0 spiro atoms. The molecule has 0 aliphatic heterocycles. The average molecular weight is 196 g/mol. The second-order valence-electron chi connectivity index (χ2n) is 2.64. The Morgan fingerprint density at radius 3 is 2.69 bits per heavy atom. The van der Waals surface area contributed by atoms with E-state index < -0.39 is 0 Å². The molecule has 1 amide bonds. The van der Waals surface area contributed by atoms with Crippen LogP contribution in [0, 0.1) is 13.8 Å². The number of nitrogens with one attached hydrogen (secondary N) is 1. The highest BCUT2D eigenvalue weighted by molar-refractivity contribution is 7.16. The minimum Gasteiger partial charge on any atom is -0.313 e. The van der Waals surface area contributed by atoms with Crippen molar-refractivity contribution in [2.75, 3.05) is 5.32 Å². The molecule has 13 heavy (non-hydrogen) atoms. The Hall–Kier alpha value is -1.16. The van der Waals surface area contributed by atoms with E-state index in [1.54, 1.807) is 6.08 Å². The maximum absolute atomic E-state index is 11.2. The fourth-order valence-corrected chi connectivity index (χ4v) is 1.78. The van der Waals surface area contributed by atoms with Gasteiger partial charge >= 0.3 is 0 Å². The molecule has 0 aliphatic carbocycles. The Kier molecular flexibility index (Phi) is 3.19. The minimum atomic E-state index is -0.103. The van der Waals surface area contributed by atoms with Gasteiger partial charge in [-0.3, -0.25) is 4.79 Å². The molecule has 1 rings (SSSR count). The Bertz CT molecular complexity index is 341. The predicted molar refractivity (Wildman–Crippen MR) is 55.0 cm³/mol. The highest BCUT2D eigenvalue weighted by atomic mass is 32.1. The van der Waals surface area contributed by atoms with Crippen LogP contribution in [0.5, 0.6) is 0 Å². The van der Waals surface area contributed by atoms with Crippen LogP contribution in [0.25, 0.3) is 0 Å². The summed E-state index contributed by atoms with van der Waals surface area (Å²) in [4.78, 5) is 15.4. The van der Waals surface area contributed by atoms with E-state index in [0.717, 1.165) is 15.7 Å². The van der Waals surface area contributed by atoms with Gasteiger partial charge in [0.05, 0.1) is 10.7 Å². The number of aromatic nitrogens is 1. The minimum absolute atomic E-state index is 0.103. The van der Waals surface area contributed by atoms with Crippen molar-refractivity contribution in [3.8, 4) is 0 Å². The molecule has 1 aromatic heterocycles. The van der Waals surface area contributed by atoms with Crippen LogP contribution in [0.1, 0.15) is 17.6 Å². The number of hydrogen-bond acceptors (Lipinski definition) is 3. The molecule has 0 radical (unpaired) electrons. The van der Waals surface area contributed by atoms with Crippen LogP contribution in [0.15, 0.2) is 12.2 Å². The van der Waals surface area contributed by atoms with Crippen molar-refractivity contribution in [1.29, 1.82) is 0 Å². The third-order valence-corrected chi connectivity index (χ3v) is 2.45. The van der Waals surface area contributed by atoms with E-state index in [1.165, 1.54) is 17.4 Å². The first-order chi connectivity index (χ1) is 6.13. The summed E-state index contributed by atoms with van der Waals surface area (Å²) >= 11 is 1.49. The molecule has 0 unspecified atom stereocenters.